The second-order valence-electron chi connectivity index (χ2n) is 3.81. The van der Waals surface area contributed by atoms with Gasteiger partial charge in [0.05, 0.1) is 5.78 Å². The van der Waals surface area contributed by atoms with Crippen LogP contribution in [0.25, 0.3) is 0 Å². The molecule has 0 aliphatic carbocycles. The quantitative estimate of drug-likeness (QED) is 0.548. The van der Waals surface area contributed by atoms with Crippen molar-refractivity contribution in [3.63, 3.8) is 0 Å². The Morgan fingerprint density at radius 1 is 1.36 bits per heavy atom. The first-order valence-electron chi connectivity index (χ1n) is 4.96. The second kappa shape index (κ2) is 2.93. The fraction of sp³-hybridized carbons (Fsp3) is 0.400. The smallest absolute Gasteiger partial charge is 0.197 e. The molecule has 0 bridgehead atoms. The summed E-state index contributed by atoms with van der Waals surface area (Å²) in [5.41, 5.74) is 0. The molecule has 0 spiro atoms. The van der Waals surface area contributed by atoms with Crippen molar-refractivity contribution in [2.45, 2.75) is 5.78 Å². The number of benzene rings is 1. The second-order valence-corrected chi connectivity index (χ2v) is 6.68. The molecule has 3 unspecified atom stereocenters. The van der Waals surface area contributed by atoms with E-state index in [1.165, 1.54) is 0 Å². The van der Waals surface area contributed by atoms with Crippen molar-refractivity contribution in [1.82, 2.24) is 9.99 Å². The molecule has 74 valence electrons. The first kappa shape index (κ1) is 8.66. The molecule has 0 saturated carbocycles. The van der Waals surface area contributed by atoms with Crippen LogP contribution >= 0.6 is 7.29 Å². The number of hydrogen-bond donors (Lipinski definition) is 1. The monoisotopic (exact) mass is 208 g/mol. The molecule has 3 rings (SSSR count). The van der Waals surface area contributed by atoms with Gasteiger partial charge >= 0.3 is 0 Å². The third-order valence-corrected chi connectivity index (χ3v) is 6.36. The molecule has 2 fully saturated rings. The Hall–Kier alpha value is -0.630. The molecule has 14 heavy (non-hydrogen) atoms. The van der Waals surface area contributed by atoms with Crippen LogP contribution < -0.4 is 10.6 Å². The number of nitrogens with zero attached hydrogens (tertiary/aromatic N) is 1. The fourth-order valence-corrected chi connectivity index (χ4v) is 5.42. The summed E-state index contributed by atoms with van der Waals surface area (Å²) < 4.78 is 14.7. The summed E-state index contributed by atoms with van der Waals surface area (Å²) in [5.74, 6) is 0.277. The number of rotatable bonds is 1. The zero-order valence-corrected chi connectivity index (χ0v) is 8.78. The normalized spacial score (nSPS) is 40.3. The Labute approximate surface area is 83.5 Å². The molecule has 2 heterocycles. The van der Waals surface area contributed by atoms with Gasteiger partial charge in [-0.15, -0.1) is 0 Å². The van der Waals surface area contributed by atoms with Gasteiger partial charge in [-0.1, -0.05) is 30.3 Å². The molecule has 1 aromatic carbocycles. The van der Waals surface area contributed by atoms with Crippen LogP contribution in [0.1, 0.15) is 0 Å². The summed E-state index contributed by atoms with van der Waals surface area (Å²) in [7, 11) is -2.16. The van der Waals surface area contributed by atoms with Gasteiger partial charge < -0.3 is 5.32 Å². The van der Waals surface area contributed by atoms with E-state index in [2.05, 4.69) is 9.99 Å². The SMILES string of the molecule is O=P1(c2ccccc2)C2CNCCN21. The molecule has 1 aromatic rings. The molecule has 3 nitrogen and oxygen atoms in total. The number of piperazine rings is 1. The minimum Gasteiger partial charge on any atom is -0.313 e. The molecule has 2 aliphatic rings. The van der Waals surface area contributed by atoms with E-state index in [1.54, 1.807) is 0 Å². The number of nitrogens with one attached hydrogen (secondary N) is 1. The molecule has 2 saturated heterocycles. The minimum absolute atomic E-state index is 0.277. The van der Waals surface area contributed by atoms with Crippen molar-refractivity contribution in [2.75, 3.05) is 19.6 Å². The van der Waals surface area contributed by atoms with Crippen LogP contribution in [-0.4, -0.2) is 30.1 Å². The topological polar surface area (TPSA) is 32.1 Å². The number of fused-ring (bicyclic) bond motifs is 1. The highest BCUT2D eigenvalue weighted by Crippen LogP contribution is 2.71. The average Bonchev–Trinajstić information content (AvgIpc) is 2.89. The Morgan fingerprint density at radius 3 is 2.79 bits per heavy atom. The van der Waals surface area contributed by atoms with E-state index < -0.39 is 7.29 Å². The fourth-order valence-electron chi connectivity index (χ4n) is 2.25. The lowest BCUT2D eigenvalue weighted by Gasteiger charge is -2.08. The highest BCUT2D eigenvalue weighted by Gasteiger charge is 2.60. The van der Waals surface area contributed by atoms with Gasteiger partial charge in [-0.05, 0) is 0 Å². The van der Waals surface area contributed by atoms with Crippen LogP contribution in [0.2, 0.25) is 0 Å². The maximum atomic E-state index is 12.6. The molecular formula is C10H13N2OP. The van der Waals surface area contributed by atoms with E-state index in [4.69, 9.17) is 0 Å². The standard InChI is InChI=1S/C10H13N2OP/c13-14(9-4-2-1-3-5-9)10-8-11-6-7-12(10)14/h1-5,10-11H,6-8H2. The van der Waals surface area contributed by atoms with Crippen LogP contribution in [0.15, 0.2) is 30.3 Å². The highest BCUT2D eigenvalue weighted by atomic mass is 31.2. The lowest BCUT2D eigenvalue weighted by Crippen LogP contribution is -2.33. The lowest BCUT2D eigenvalue weighted by atomic mass is 10.4. The largest absolute Gasteiger partial charge is 0.313 e. The molecule has 2 aliphatic heterocycles. The van der Waals surface area contributed by atoms with Gasteiger partial charge in [-0.3, -0.25) is 4.57 Å². The first-order chi connectivity index (χ1) is 6.83. The van der Waals surface area contributed by atoms with E-state index in [9.17, 15) is 4.57 Å². The van der Waals surface area contributed by atoms with Crippen molar-refractivity contribution >= 4 is 12.6 Å². The molecule has 4 heteroatoms. The summed E-state index contributed by atoms with van der Waals surface area (Å²) in [6.45, 7) is 2.77. The summed E-state index contributed by atoms with van der Waals surface area (Å²) in [4.78, 5) is 0. The predicted molar refractivity (Wildman–Crippen MR) is 57.0 cm³/mol. The van der Waals surface area contributed by atoms with E-state index in [-0.39, 0.29) is 5.78 Å². The third-order valence-electron chi connectivity index (χ3n) is 3.05. The molecule has 0 amide bonds. The van der Waals surface area contributed by atoms with Gasteiger partial charge in [0, 0.05) is 24.9 Å². The van der Waals surface area contributed by atoms with Crippen LogP contribution in [0.5, 0.6) is 0 Å². The maximum Gasteiger partial charge on any atom is 0.197 e. The van der Waals surface area contributed by atoms with Crippen molar-refractivity contribution < 1.29 is 4.57 Å². The summed E-state index contributed by atoms with van der Waals surface area (Å²) in [5, 5.41) is 4.31. The van der Waals surface area contributed by atoms with Crippen LogP contribution in [0, 0.1) is 0 Å². The first-order valence-corrected chi connectivity index (χ1v) is 6.69. The summed E-state index contributed by atoms with van der Waals surface area (Å²) in [6.07, 6.45) is 0. The average molecular weight is 208 g/mol. The van der Waals surface area contributed by atoms with Gasteiger partial charge in [0.15, 0.2) is 7.29 Å². The van der Waals surface area contributed by atoms with E-state index in [0.717, 1.165) is 24.9 Å². The van der Waals surface area contributed by atoms with Gasteiger partial charge in [0.25, 0.3) is 0 Å². The summed E-state index contributed by atoms with van der Waals surface area (Å²) >= 11 is 0. The third kappa shape index (κ3) is 1.04. The molecular weight excluding hydrogens is 195 g/mol. The van der Waals surface area contributed by atoms with Crippen molar-refractivity contribution in [1.29, 1.82) is 0 Å². The lowest BCUT2D eigenvalue weighted by molar-refractivity contribution is 0.435. The Morgan fingerprint density at radius 2 is 2.14 bits per heavy atom. The molecule has 1 N–H and O–H groups in total. The number of hydrogen-bond acceptors (Lipinski definition) is 2. The zero-order valence-electron chi connectivity index (χ0n) is 7.89. The van der Waals surface area contributed by atoms with Crippen LogP contribution in [0.4, 0.5) is 0 Å². The van der Waals surface area contributed by atoms with Crippen LogP contribution in [0.3, 0.4) is 0 Å². The van der Waals surface area contributed by atoms with Crippen molar-refractivity contribution in [2.24, 2.45) is 0 Å². The van der Waals surface area contributed by atoms with Crippen LogP contribution in [-0.2, 0) is 4.57 Å². The van der Waals surface area contributed by atoms with Gasteiger partial charge in [-0.2, -0.15) is 0 Å². The van der Waals surface area contributed by atoms with E-state index >= 15 is 0 Å². The van der Waals surface area contributed by atoms with Gasteiger partial charge in [0.2, 0.25) is 0 Å². The maximum absolute atomic E-state index is 12.6. The Bertz CT molecular complexity index is 376. The molecule has 0 radical (unpaired) electrons. The molecule has 3 atom stereocenters. The molecule has 0 aromatic heterocycles. The van der Waals surface area contributed by atoms with Gasteiger partial charge in [-0.25, -0.2) is 4.67 Å². The van der Waals surface area contributed by atoms with Gasteiger partial charge in [0.1, 0.15) is 0 Å². The van der Waals surface area contributed by atoms with Crippen molar-refractivity contribution in [3.8, 4) is 0 Å². The minimum atomic E-state index is -2.16. The van der Waals surface area contributed by atoms with Crippen molar-refractivity contribution in [3.05, 3.63) is 30.3 Å². The Balaban J connectivity index is 1.97. The summed E-state index contributed by atoms with van der Waals surface area (Å²) in [6, 6.07) is 9.87. The predicted octanol–water partition coefficient (Wildman–Crippen LogP) is 0.835. The Kier molecular flexibility index (Phi) is 1.81. The highest BCUT2D eigenvalue weighted by molar-refractivity contribution is 7.76. The van der Waals surface area contributed by atoms with E-state index in [1.807, 2.05) is 30.3 Å². The van der Waals surface area contributed by atoms with E-state index in [0.29, 0.717) is 0 Å². The zero-order chi connectivity index (χ0) is 9.60.